The molecule has 1 aromatic rings. The second-order valence-corrected chi connectivity index (χ2v) is 6.11. The zero-order valence-electron chi connectivity index (χ0n) is 13.6. The first kappa shape index (κ1) is 17.3. The number of aliphatic hydroxyl groups excluding tert-OH is 1. The van der Waals surface area contributed by atoms with E-state index in [0.29, 0.717) is 31.2 Å². The van der Waals surface area contributed by atoms with Crippen LogP contribution in [-0.4, -0.2) is 47.6 Å². The third-order valence-electron chi connectivity index (χ3n) is 3.81. The zero-order chi connectivity index (χ0) is 16.8. The molecule has 2 rings (SSSR count). The Morgan fingerprint density at radius 1 is 1.39 bits per heavy atom. The summed E-state index contributed by atoms with van der Waals surface area (Å²) in [4.78, 5) is 26.0. The first-order valence-corrected chi connectivity index (χ1v) is 7.91. The second-order valence-electron chi connectivity index (χ2n) is 6.11. The molecule has 0 radical (unpaired) electrons. The molecule has 6 nitrogen and oxygen atoms in total. The Labute approximate surface area is 136 Å². The van der Waals surface area contributed by atoms with E-state index in [0.717, 1.165) is 5.56 Å². The number of piperazine rings is 1. The van der Waals surface area contributed by atoms with Crippen molar-refractivity contribution in [3.05, 3.63) is 29.8 Å². The number of carbonyl (C=O) groups excluding carboxylic acids is 2. The molecule has 0 saturated carbocycles. The summed E-state index contributed by atoms with van der Waals surface area (Å²) in [5.74, 6) is 0.617. The molecule has 1 aliphatic heterocycles. The van der Waals surface area contributed by atoms with Crippen LogP contribution in [0.4, 0.5) is 0 Å². The highest BCUT2D eigenvalue weighted by atomic mass is 16.5. The van der Waals surface area contributed by atoms with E-state index in [1.807, 2.05) is 13.8 Å². The number of hydrogen-bond donors (Lipinski definition) is 2. The first-order valence-electron chi connectivity index (χ1n) is 7.91. The first-order chi connectivity index (χ1) is 11.0. The number of ether oxygens (including phenoxy) is 1. The molecule has 2 N–H and O–H groups in total. The monoisotopic (exact) mass is 320 g/mol. The Morgan fingerprint density at radius 3 is 2.70 bits per heavy atom. The number of rotatable bonds is 6. The van der Waals surface area contributed by atoms with Gasteiger partial charge < -0.3 is 20.1 Å². The van der Waals surface area contributed by atoms with Crippen LogP contribution in [0.25, 0.3) is 0 Å². The maximum absolute atomic E-state index is 12.4. The van der Waals surface area contributed by atoms with Gasteiger partial charge in [-0.15, -0.1) is 0 Å². The summed E-state index contributed by atoms with van der Waals surface area (Å²) in [5.41, 5.74) is 0.786. The number of nitrogens with one attached hydrogen (secondary N) is 1. The fourth-order valence-electron chi connectivity index (χ4n) is 2.61. The summed E-state index contributed by atoms with van der Waals surface area (Å²) < 4.78 is 5.50. The van der Waals surface area contributed by atoms with Gasteiger partial charge >= 0.3 is 0 Å². The average molecular weight is 320 g/mol. The van der Waals surface area contributed by atoms with Crippen molar-refractivity contribution in [1.29, 1.82) is 0 Å². The number of amides is 2. The van der Waals surface area contributed by atoms with Crippen LogP contribution in [-0.2, 0) is 16.2 Å². The summed E-state index contributed by atoms with van der Waals surface area (Å²) >= 11 is 0. The van der Waals surface area contributed by atoms with E-state index < -0.39 is 6.04 Å². The fraction of sp³-hybridized carbons (Fsp3) is 0.529. The summed E-state index contributed by atoms with van der Waals surface area (Å²) in [6.07, 6.45) is 0.642. The third-order valence-corrected chi connectivity index (χ3v) is 3.81. The van der Waals surface area contributed by atoms with Gasteiger partial charge in [-0.25, -0.2) is 0 Å². The highest BCUT2D eigenvalue weighted by Crippen LogP contribution is 2.16. The van der Waals surface area contributed by atoms with Gasteiger partial charge in [-0.05, 0) is 30.0 Å². The van der Waals surface area contributed by atoms with Crippen molar-refractivity contribution >= 4 is 11.8 Å². The van der Waals surface area contributed by atoms with Crippen LogP contribution in [0.5, 0.6) is 5.75 Å². The standard InChI is InChI=1S/C17H24N2O4/c1-12(2)9-15-17(22)18-7-8-19(15)16(21)11-23-14-5-3-13(10-20)4-6-14/h3-6,12,15,20H,7-11H2,1-2H3,(H,18,22)/t15-/m1/s1. The Hall–Kier alpha value is -2.08. The molecule has 0 aliphatic carbocycles. The minimum Gasteiger partial charge on any atom is -0.484 e. The van der Waals surface area contributed by atoms with E-state index >= 15 is 0 Å². The van der Waals surface area contributed by atoms with Crippen LogP contribution >= 0.6 is 0 Å². The van der Waals surface area contributed by atoms with Crippen molar-refractivity contribution in [2.24, 2.45) is 5.92 Å². The highest BCUT2D eigenvalue weighted by Gasteiger charge is 2.33. The number of nitrogens with zero attached hydrogens (tertiary/aromatic N) is 1. The number of carbonyl (C=O) groups is 2. The minimum absolute atomic E-state index is 0.0288. The summed E-state index contributed by atoms with van der Waals surface area (Å²) in [6.45, 7) is 4.92. The molecule has 2 amide bonds. The number of benzene rings is 1. The lowest BCUT2D eigenvalue weighted by Crippen LogP contribution is -2.58. The molecule has 1 saturated heterocycles. The van der Waals surface area contributed by atoms with Crippen LogP contribution in [0.2, 0.25) is 0 Å². The van der Waals surface area contributed by atoms with Crippen molar-refractivity contribution in [2.45, 2.75) is 32.9 Å². The molecule has 1 heterocycles. The maximum Gasteiger partial charge on any atom is 0.261 e. The summed E-state index contributed by atoms with van der Waals surface area (Å²) in [5, 5.41) is 11.8. The van der Waals surface area contributed by atoms with Crippen LogP contribution in [0, 0.1) is 5.92 Å². The van der Waals surface area contributed by atoms with Gasteiger partial charge in [-0.1, -0.05) is 26.0 Å². The molecule has 0 unspecified atom stereocenters. The van der Waals surface area contributed by atoms with E-state index in [2.05, 4.69) is 5.32 Å². The van der Waals surface area contributed by atoms with E-state index in [1.54, 1.807) is 29.2 Å². The Bertz CT molecular complexity index is 542. The SMILES string of the molecule is CC(C)C[C@@H]1C(=O)NCCN1C(=O)COc1ccc(CO)cc1. The Kier molecular flexibility index (Phi) is 5.98. The molecule has 6 heteroatoms. The molecule has 1 atom stereocenters. The van der Waals surface area contributed by atoms with Crippen molar-refractivity contribution in [2.75, 3.05) is 19.7 Å². The van der Waals surface area contributed by atoms with Crippen LogP contribution in [0.1, 0.15) is 25.8 Å². The molecule has 0 aromatic heterocycles. The quantitative estimate of drug-likeness (QED) is 0.817. The van der Waals surface area contributed by atoms with Crippen molar-refractivity contribution < 1.29 is 19.4 Å². The largest absolute Gasteiger partial charge is 0.484 e. The summed E-state index contributed by atoms with van der Waals surface area (Å²) in [7, 11) is 0. The molecular weight excluding hydrogens is 296 g/mol. The Morgan fingerprint density at radius 2 is 2.09 bits per heavy atom. The van der Waals surface area contributed by atoms with Crippen molar-refractivity contribution in [3.8, 4) is 5.75 Å². The van der Waals surface area contributed by atoms with Gasteiger partial charge in [0.15, 0.2) is 6.61 Å². The van der Waals surface area contributed by atoms with E-state index in [1.165, 1.54) is 0 Å². The topological polar surface area (TPSA) is 78.9 Å². The van der Waals surface area contributed by atoms with Gasteiger partial charge in [0.2, 0.25) is 5.91 Å². The molecular formula is C17H24N2O4. The molecule has 23 heavy (non-hydrogen) atoms. The smallest absolute Gasteiger partial charge is 0.261 e. The lowest BCUT2D eigenvalue weighted by Gasteiger charge is -2.35. The minimum atomic E-state index is -0.420. The van der Waals surface area contributed by atoms with Gasteiger partial charge in [0.05, 0.1) is 6.61 Å². The molecule has 0 spiro atoms. The maximum atomic E-state index is 12.4. The van der Waals surface area contributed by atoms with E-state index in [-0.39, 0.29) is 25.0 Å². The van der Waals surface area contributed by atoms with Gasteiger partial charge in [0, 0.05) is 13.1 Å². The molecule has 1 aromatic carbocycles. The highest BCUT2D eigenvalue weighted by molar-refractivity contribution is 5.89. The number of hydrogen-bond acceptors (Lipinski definition) is 4. The average Bonchev–Trinajstić information content (AvgIpc) is 2.54. The Balaban J connectivity index is 1.95. The lowest BCUT2D eigenvalue weighted by atomic mass is 10.00. The second kappa shape index (κ2) is 7.97. The van der Waals surface area contributed by atoms with Crippen LogP contribution < -0.4 is 10.1 Å². The lowest BCUT2D eigenvalue weighted by molar-refractivity contribution is -0.145. The van der Waals surface area contributed by atoms with Gasteiger partial charge in [-0.2, -0.15) is 0 Å². The number of aliphatic hydroxyl groups is 1. The van der Waals surface area contributed by atoms with Gasteiger partial charge in [-0.3, -0.25) is 9.59 Å². The van der Waals surface area contributed by atoms with Gasteiger partial charge in [0.25, 0.3) is 5.91 Å². The predicted molar refractivity (Wildman–Crippen MR) is 85.8 cm³/mol. The van der Waals surface area contributed by atoms with Crippen molar-refractivity contribution in [1.82, 2.24) is 10.2 Å². The molecule has 0 bridgehead atoms. The third kappa shape index (κ3) is 4.69. The fourth-order valence-corrected chi connectivity index (χ4v) is 2.61. The zero-order valence-corrected chi connectivity index (χ0v) is 13.6. The van der Waals surface area contributed by atoms with Crippen molar-refractivity contribution in [3.63, 3.8) is 0 Å². The van der Waals surface area contributed by atoms with E-state index in [4.69, 9.17) is 9.84 Å². The summed E-state index contributed by atoms with van der Waals surface area (Å²) in [6, 6.07) is 6.50. The molecule has 1 fully saturated rings. The van der Waals surface area contributed by atoms with Crippen LogP contribution in [0.3, 0.4) is 0 Å². The normalized spacial score (nSPS) is 18.0. The molecule has 1 aliphatic rings. The van der Waals surface area contributed by atoms with Crippen LogP contribution in [0.15, 0.2) is 24.3 Å². The van der Waals surface area contributed by atoms with Gasteiger partial charge in [0.1, 0.15) is 11.8 Å². The molecule has 126 valence electrons. The predicted octanol–water partition coefficient (Wildman–Crippen LogP) is 0.931. The van der Waals surface area contributed by atoms with E-state index in [9.17, 15) is 9.59 Å².